The van der Waals surface area contributed by atoms with Gasteiger partial charge < -0.3 is 14.9 Å². The Bertz CT molecular complexity index is 1100. The second kappa shape index (κ2) is 7.49. The lowest BCUT2D eigenvalue weighted by molar-refractivity contribution is -0.161. The van der Waals surface area contributed by atoms with E-state index in [9.17, 15) is 14.7 Å². The van der Waals surface area contributed by atoms with E-state index >= 15 is 0 Å². The summed E-state index contributed by atoms with van der Waals surface area (Å²) >= 11 is 1.62. The highest BCUT2D eigenvalue weighted by Gasteiger charge is 2.45. The summed E-state index contributed by atoms with van der Waals surface area (Å²) in [6, 6.07) is 13.9. The summed E-state index contributed by atoms with van der Waals surface area (Å²) in [7, 11) is 0. The standard InChI is InChI=1S/C23H23N3O3S/c27-21(25-10-12-26(13-11-25)22(28)23(29)8-1-9-23)17-4-2-16(3-5-17)18-6-7-20-19(14-18)24-15-30-20/h2-7,14-15,29H,1,8-13H2. The summed E-state index contributed by atoms with van der Waals surface area (Å²) in [5.41, 5.74) is 4.43. The van der Waals surface area contributed by atoms with E-state index in [0.29, 0.717) is 44.6 Å². The molecule has 1 aliphatic carbocycles. The van der Waals surface area contributed by atoms with E-state index in [1.54, 1.807) is 21.1 Å². The molecule has 3 aromatic rings. The van der Waals surface area contributed by atoms with Crippen LogP contribution in [-0.4, -0.2) is 63.5 Å². The number of carbonyl (C=O) groups excluding carboxylic acids is 2. The highest BCUT2D eigenvalue weighted by Crippen LogP contribution is 2.33. The summed E-state index contributed by atoms with van der Waals surface area (Å²) < 4.78 is 1.16. The molecule has 6 nitrogen and oxygen atoms in total. The molecule has 30 heavy (non-hydrogen) atoms. The molecule has 2 heterocycles. The predicted octanol–water partition coefficient (Wildman–Crippen LogP) is 3.16. The van der Waals surface area contributed by atoms with Crippen molar-refractivity contribution >= 4 is 33.4 Å². The minimum atomic E-state index is -1.16. The highest BCUT2D eigenvalue weighted by molar-refractivity contribution is 7.16. The largest absolute Gasteiger partial charge is 0.380 e. The molecule has 1 aliphatic heterocycles. The van der Waals surface area contributed by atoms with E-state index in [4.69, 9.17) is 0 Å². The molecule has 0 atom stereocenters. The smallest absolute Gasteiger partial charge is 0.254 e. The van der Waals surface area contributed by atoms with Crippen molar-refractivity contribution in [1.82, 2.24) is 14.8 Å². The van der Waals surface area contributed by atoms with E-state index in [2.05, 4.69) is 23.2 Å². The van der Waals surface area contributed by atoms with Crippen LogP contribution >= 0.6 is 11.3 Å². The maximum absolute atomic E-state index is 12.9. The van der Waals surface area contributed by atoms with Gasteiger partial charge in [-0.3, -0.25) is 9.59 Å². The van der Waals surface area contributed by atoms with Gasteiger partial charge in [0.2, 0.25) is 0 Å². The number of hydrogen-bond acceptors (Lipinski definition) is 5. The van der Waals surface area contributed by atoms with Crippen LogP contribution in [-0.2, 0) is 4.79 Å². The van der Waals surface area contributed by atoms with Gasteiger partial charge in [-0.05, 0) is 54.7 Å². The molecule has 2 aliphatic rings. The quantitative estimate of drug-likeness (QED) is 0.705. The van der Waals surface area contributed by atoms with Crippen molar-refractivity contribution in [2.75, 3.05) is 26.2 Å². The van der Waals surface area contributed by atoms with Crippen molar-refractivity contribution in [2.24, 2.45) is 0 Å². The number of thiazole rings is 1. The summed E-state index contributed by atoms with van der Waals surface area (Å²) in [6.07, 6.45) is 1.99. The molecule has 2 aromatic carbocycles. The van der Waals surface area contributed by atoms with Gasteiger partial charge in [-0.1, -0.05) is 18.2 Å². The lowest BCUT2D eigenvalue weighted by Crippen LogP contribution is -2.58. The number of rotatable bonds is 3. The lowest BCUT2D eigenvalue weighted by atomic mass is 9.79. The van der Waals surface area contributed by atoms with Gasteiger partial charge in [0.1, 0.15) is 5.60 Å². The maximum atomic E-state index is 12.9. The van der Waals surface area contributed by atoms with Crippen LogP contribution in [0.5, 0.6) is 0 Å². The molecule has 154 valence electrons. The van der Waals surface area contributed by atoms with Gasteiger partial charge in [0, 0.05) is 31.7 Å². The molecule has 0 spiro atoms. The monoisotopic (exact) mass is 421 g/mol. The Morgan fingerprint density at radius 2 is 1.60 bits per heavy atom. The Kier molecular flexibility index (Phi) is 4.79. The fraction of sp³-hybridized carbons (Fsp3) is 0.348. The summed E-state index contributed by atoms with van der Waals surface area (Å²) in [6.45, 7) is 1.92. The van der Waals surface area contributed by atoms with Gasteiger partial charge in [0.05, 0.1) is 15.7 Å². The van der Waals surface area contributed by atoms with Crippen molar-refractivity contribution in [3.05, 3.63) is 53.5 Å². The van der Waals surface area contributed by atoms with Crippen LogP contribution < -0.4 is 0 Å². The van der Waals surface area contributed by atoms with Crippen LogP contribution in [0, 0.1) is 0 Å². The molecule has 0 bridgehead atoms. The van der Waals surface area contributed by atoms with Gasteiger partial charge in [-0.15, -0.1) is 11.3 Å². The van der Waals surface area contributed by atoms with Crippen molar-refractivity contribution in [2.45, 2.75) is 24.9 Å². The zero-order valence-electron chi connectivity index (χ0n) is 16.6. The summed E-state index contributed by atoms with van der Waals surface area (Å²) in [5.74, 6) is -0.201. The van der Waals surface area contributed by atoms with Crippen LogP contribution in [0.15, 0.2) is 48.0 Å². The Morgan fingerprint density at radius 1 is 0.933 bits per heavy atom. The van der Waals surface area contributed by atoms with Crippen LogP contribution in [0.1, 0.15) is 29.6 Å². The van der Waals surface area contributed by atoms with Gasteiger partial charge in [-0.25, -0.2) is 4.98 Å². The minimum absolute atomic E-state index is 0.0223. The number of piperazine rings is 1. The fourth-order valence-electron chi connectivity index (χ4n) is 4.16. The Labute approximate surface area is 178 Å². The van der Waals surface area contributed by atoms with E-state index in [-0.39, 0.29) is 11.8 Å². The molecular formula is C23H23N3O3S. The maximum Gasteiger partial charge on any atom is 0.254 e. The van der Waals surface area contributed by atoms with Gasteiger partial charge in [0.25, 0.3) is 11.8 Å². The third kappa shape index (κ3) is 3.38. The van der Waals surface area contributed by atoms with Gasteiger partial charge >= 0.3 is 0 Å². The molecule has 5 rings (SSSR count). The molecule has 2 amide bonds. The Hall–Kier alpha value is -2.77. The van der Waals surface area contributed by atoms with E-state index in [1.165, 1.54) is 0 Å². The number of benzene rings is 2. The first-order chi connectivity index (χ1) is 14.5. The molecule has 0 unspecified atom stereocenters. The lowest BCUT2D eigenvalue weighted by Gasteiger charge is -2.42. The Balaban J connectivity index is 1.24. The van der Waals surface area contributed by atoms with Crippen molar-refractivity contribution < 1.29 is 14.7 Å². The van der Waals surface area contributed by atoms with Gasteiger partial charge in [0.15, 0.2) is 0 Å². The van der Waals surface area contributed by atoms with Crippen LogP contribution in [0.25, 0.3) is 21.3 Å². The highest BCUT2D eigenvalue weighted by atomic mass is 32.1. The zero-order valence-corrected chi connectivity index (χ0v) is 17.4. The number of amides is 2. The number of carbonyl (C=O) groups is 2. The molecule has 0 radical (unpaired) electrons. The summed E-state index contributed by atoms with van der Waals surface area (Å²) in [5, 5.41) is 10.3. The molecule has 1 N–H and O–H groups in total. The average Bonchev–Trinajstić information content (AvgIpc) is 3.24. The molecular weight excluding hydrogens is 398 g/mol. The Morgan fingerprint density at radius 3 is 2.27 bits per heavy atom. The van der Waals surface area contributed by atoms with Crippen LogP contribution in [0.2, 0.25) is 0 Å². The van der Waals surface area contributed by atoms with Crippen LogP contribution in [0.4, 0.5) is 0 Å². The molecule has 1 saturated heterocycles. The van der Waals surface area contributed by atoms with Crippen molar-refractivity contribution in [3.63, 3.8) is 0 Å². The first-order valence-electron chi connectivity index (χ1n) is 10.3. The molecule has 2 fully saturated rings. The number of aromatic nitrogens is 1. The van der Waals surface area contributed by atoms with Crippen molar-refractivity contribution in [3.8, 4) is 11.1 Å². The number of nitrogens with zero attached hydrogens (tertiary/aromatic N) is 3. The second-order valence-electron chi connectivity index (χ2n) is 8.08. The third-order valence-corrected chi connectivity index (χ3v) is 7.04. The number of fused-ring (bicyclic) bond motifs is 1. The zero-order chi connectivity index (χ0) is 20.7. The van der Waals surface area contributed by atoms with Crippen molar-refractivity contribution in [1.29, 1.82) is 0 Å². The van der Waals surface area contributed by atoms with E-state index in [1.807, 2.05) is 29.8 Å². The minimum Gasteiger partial charge on any atom is -0.380 e. The fourth-order valence-corrected chi connectivity index (χ4v) is 4.82. The average molecular weight is 422 g/mol. The second-order valence-corrected chi connectivity index (χ2v) is 8.97. The number of aliphatic hydroxyl groups is 1. The predicted molar refractivity (Wildman–Crippen MR) is 116 cm³/mol. The van der Waals surface area contributed by atoms with Crippen LogP contribution in [0.3, 0.4) is 0 Å². The topological polar surface area (TPSA) is 73.7 Å². The van der Waals surface area contributed by atoms with E-state index in [0.717, 1.165) is 27.8 Å². The van der Waals surface area contributed by atoms with Gasteiger partial charge in [-0.2, -0.15) is 0 Å². The molecule has 1 saturated carbocycles. The summed E-state index contributed by atoms with van der Waals surface area (Å²) in [4.78, 5) is 33.2. The first-order valence-corrected chi connectivity index (χ1v) is 11.2. The number of hydrogen-bond donors (Lipinski definition) is 1. The first kappa shape index (κ1) is 19.2. The molecule has 1 aromatic heterocycles. The normalized spacial score (nSPS) is 18.3. The third-order valence-electron chi connectivity index (χ3n) is 6.23. The SMILES string of the molecule is O=C(c1ccc(-c2ccc3scnc3c2)cc1)N1CCN(C(=O)C2(O)CCC2)CC1. The van der Waals surface area contributed by atoms with E-state index < -0.39 is 5.60 Å². The molecule has 7 heteroatoms.